The highest BCUT2D eigenvalue weighted by atomic mass is 19.4. The quantitative estimate of drug-likeness (QED) is 0.795. The number of halogens is 3. The number of H-pyrrole nitrogens is 1. The number of fused-ring (bicyclic) bond motifs is 1. The molecular weight excluding hydrogens is 217 g/mol. The van der Waals surface area contributed by atoms with Crippen LogP contribution in [0.2, 0.25) is 0 Å². The van der Waals surface area contributed by atoms with Crippen molar-refractivity contribution in [2.24, 2.45) is 0 Å². The van der Waals surface area contributed by atoms with Crippen LogP contribution >= 0.6 is 0 Å². The molecule has 2 rings (SSSR count). The van der Waals surface area contributed by atoms with Gasteiger partial charge >= 0.3 is 6.18 Å². The number of nitrogens with one attached hydrogen (secondary N) is 1. The first kappa shape index (κ1) is 11.0. The molecule has 0 saturated carbocycles. The molecule has 0 saturated heterocycles. The van der Waals surface area contributed by atoms with Gasteiger partial charge < -0.3 is 0 Å². The number of hydrogen-bond donors (Lipinski definition) is 1. The first-order valence-electron chi connectivity index (χ1n) is 4.98. The van der Waals surface area contributed by atoms with Crippen molar-refractivity contribution >= 4 is 10.9 Å². The number of aromatic amines is 1. The second kappa shape index (κ2) is 3.50. The van der Waals surface area contributed by atoms with Crippen molar-refractivity contribution in [2.75, 3.05) is 0 Å². The van der Waals surface area contributed by atoms with Crippen LogP contribution in [0.25, 0.3) is 10.9 Å². The molecule has 2 nitrogen and oxygen atoms in total. The van der Waals surface area contributed by atoms with E-state index in [9.17, 15) is 13.2 Å². The molecule has 16 heavy (non-hydrogen) atoms. The van der Waals surface area contributed by atoms with Crippen LogP contribution in [0.4, 0.5) is 13.2 Å². The van der Waals surface area contributed by atoms with Crippen LogP contribution in [0.5, 0.6) is 0 Å². The topological polar surface area (TPSA) is 28.7 Å². The highest BCUT2D eigenvalue weighted by molar-refractivity contribution is 5.84. The number of aromatic nitrogens is 2. The number of aryl methyl sites for hydroxylation is 2. The lowest BCUT2D eigenvalue weighted by Gasteiger charge is -2.15. The monoisotopic (exact) mass is 228 g/mol. The Bertz CT molecular complexity index is 526. The molecule has 5 heteroatoms. The summed E-state index contributed by atoms with van der Waals surface area (Å²) in [5, 5.41) is 7.03. The largest absolute Gasteiger partial charge is 0.416 e. The number of benzene rings is 1. The smallest absolute Gasteiger partial charge is 0.278 e. The summed E-state index contributed by atoms with van der Waals surface area (Å²) < 4.78 is 38.7. The Morgan fingerprint density at radius 1 is 1.38 bits per heavy atom. The molecule has 0 aliphatic carbocycles. The van der Waals surface area contributed by atoms with E-state index in [0.717, 1.165) is 0 Å². The number of nitrogens with zero attached hydrogens (tertiary/aromatic N) is 1. The molecule has 0 spiro atoms. The minimum atomic E-state index is -4.30. The standard InChI is InChI=1S/C11H11F3N2/c1-3-7-8-5-15-16-9(8)4-6(2)10(7)11(12,13)14/h4-5H,3H2,1-2H3,(H,15,16). The van der Waals surface area contributed by atoms with Gasteiger partial charge in [0.05, 0.1) is 17.3 Å². The Balaban J connectivity index is 2.85. The predicted octanol–water partition coefficient (Wildman–Crippen LogP) is 3.45. The highest BCUT2D eigenvalue weighted by Gasteiger charge is 2.35. The van der Waals surface area contributed by atoms with E-state index in [0.29, 0.717) is 22.9 Å². The second-order valence-corrected chi connectivity index (χ2v) is 3.73. The van der Waals surface area contributed by atoms with E-state index in [1.807, 2.05) is 0 Å². The van der Waals surface area contributed by atoms with E-state index in [2.05, 4.69) is 10.2 Å². The molecule has 86 valence electrons. The zero-order valence-electron chi connectivity index (χ0n) is 8.94. The van der Waals surface area contributed by atoms with Crippen molar-refractivity contribution in [3.63, 3.8) is 0 Å². The highest BCUT2D eigenvalue weighted by Crippen LogP contribution is 2.37. The summed E-state index contributed by atoms with van der Waals surface area (Å²) in [7, 11) is 0. The minimum absolute atomic E-state index is 0.237. The molecule has 1 heterocycles. The molecule has 1 aromatic carbocycles. The van der Waals surface area contributed by atoms with Gasteiger partial charge in [-0.15, -0.1) is 0 Å². The Kier molecular flexibility index (Phi) is 2.40. The molecule has 0 atom stereocenters. The van der Waals surface area contributed by atoms with E-state index in [1.54, 1.807) is 6.92 Å². The molecule has 0 bridgehead atoms. The summed E-state index contributed by atoms with van der Waals surface area (Å²) in [5.41, 5.74) is 0.684. The first-order chi connectivity index (χ1) is 7.45. The van der Waals surface area contributed by atoms with Gasteiger partial charge in [0.1, 0.15) is 0 Å². The molecule has 0 aliphatic rings. The fraction of sp³-hybridized carbons (Fsp3) is 0.364. The van der Waals surface area contributed by atoms with Crippen molar-refractivity contribution < 1.29 is 13.2 Å². The van der Waals surface area contributed by atoms with Crippen molar-refractivity contribution in [1.82, 2.24) is 10.2 Å². The second-order valence-electron chi connectivity index (χ2n) is 3.73. The third-order valence-corrected chi connectivity index (χ3v) is 2.69. The molecule has 1 aromatic heterocycles. The van der Waals surface area contributed by atoms with Crippen LogP contribution in [-0.2, 0) is 12.6 Å². The maximum atomic E-state index is 12.9. The van der Waals surface area contributed by atoms with Crippen LogP contribution < -0.4 is 0 Å². The first-order valence-corrected chi connectivity index (χ1v) is 4.98. The lowest BCUT2D eigenvalue weighted by Crippen LogP contribution is -2.11. The summed E-state index contributed by atoms with van der Waals surface area (Å²) in [6.45, 7) is 3.19. The van der Waals surface area contributed by atoms with E-state index >= 15 is 0 Å². The van der Waals surface area contributed by atoms with Gasteiger partial charge in [-0.05, 0) is 30.5 Å². The third kappa shape index (κ3) is 1.56. The van der Waals surface area contributed by atoms with E-state index in [1.165, 1.54) is 19.2 Å². The molecular formula is C11H11F3N2. The lowest BCUT2D eigenvalue weighted by molar-refractivity contribution is -0.138. The normalized spacial score (nSPS) is 12.3. The van der Waals surface area contributed by atoms with Crippen molar-refractivity contribution in [3.8, 4) is 0 Å². The van der Waals surface area contributed by atoms with Gasteiger partial charge in [-0.3, -0.25) is 5.10 Å². The SMILES string of the molecule is CCc1c(C(F)(F)F)c(C)cc2[nH]ncc12. The van der Waals surface area contributed by atoms with Gasteiger partial charge in [0.15, 0.2) is 0 Å². The zero-order chi connectivity index (χ0) is 11.9. The van der Waals surface area contributed by atoms with Crippen LogP contribution in [0.15, 0.2) is 12.3 Å². The van der Waals surface area contributed by atoms with Gasteiger partial charge in [0.25, 0.3) is 0 Å². The maximum absolute atomic E-state index is 12.9. The van der Waals surface area contributed by atoms with Gasteiger partial charge in [-0.25, -0.2) is 0 Å². The van der Waals surface area contributed by atoms with Gasteiger partial charge in [-0.2, -0.15) is 18.3 Å². The molecule has 0 radical (unpaired) electrons. The Hall–Kier alpha value is -1.52. The van der Waals surface area contributed by atoms with E-state index in [-0.39, 0.29) is 5.56 Å². The summed E-state index contributed by atoms with van der Waals surface area (Å²) in [5.74, 6) is 0. The molecule has 0 aliphatic heterocycles. The minimum Gasteiger partial charge on any atom is -0.278 e. The number of alkyl halides is 3. The van der Waals surface area contributed by atoms with E-state index in [4.69, 9.17) is 0 Å². The van der Waals surface area contributed by atoms with Gasteiger partial charge in [0.2, 0.25) is 0 Å². The van der Waals surface area contributed by atoms with Gasteiger partial charge in [0, 0.05) is 5.39 Å². The lowest BCUT2D eigenvalue weighted by atomic mass is 9.96. The summed E-state index contributed by atoms with van der Waals surface area (Å²) in [4.78, 5) is 0. The fourth-order valence-corrected chi connectivity index (χ4v) is 2.07. The summed E-state index contributed by atoms with van der Waals surface area (Å²) >= 11 is 0. The zero-order valence-corrected chi connectivity index (χ0v) is 8.94. The average molecular weight is 228 g/mol. The fourth-order valence-electron chi connectivity index (χ4n) is 2.07. The Morgan fingerprint density at radius 3 is 2.62 bits per heavy atom. The van der Waals surface area contributed by atoms with Crippen molar-refractivity contribution in [3.05, 3.63) is 29.0 Å². The number of rotatable bonds is 1. The summed E-state index contributed by atoms with van der Waals surface area (Å²) in [6, 6.07) is 1.49. The molecule has 1 N–H and O–H groups in total. The maximum Gasteiger partial charge on any atom is 0.416 e. The van der Waals surface area contributed by atoms with Crippen LogP contribution in [0, 0.1) is 6.92 Å². The summed E-state index contributed by atoms with van der Waals surface area (Å²) in [6.07, 6.45) is -2.52. The van der Waals surface area contributed by atoms with Crippen LogP contribution in [-0.4, -0.2) is 10.2 Å². The van der Waals surface area contributed by atoms with Crippen LogP contribution in [0.3, 0.4) is 0 Å². The van der Waals surface area contributed by atoms with Crippen molar-refractivity contribution in [1.29, 1.82) is 0 Å². The van der Waals surface area contributed by atoms with Crippen LogP contribution in [0.1, 0.15) is 23.6 Å². The molecule has 2 aromatic rings. The third-order valence-electron chi connectivity index (χ3n) is 2.69. The molecule has 0 unspecified atom stereocenters. The van der Waals surface area contributed by atoms with E-state index < -0.39 is 11.7 Å². The average Bonchev–Trinajstić information content (AvgIpc) is 2.60. The predicted molar refractivity (Wildman–Crippen MR) is 55.2 cm³/mol. The Morgan fingerprint density at radius 2 is 2.06 bits per heavy atom. The van der Waals surface area contributed by atoms with Crippen molar-refractivity contribution in [2.45, 2.75) is 26.4 Å². The molecule has 0 amide bonds. The van der Waals surface area contributed by atoms with Gasteiger partial charge in [-0.1, -0.05) is 6.92 Å². The number of hydrogen-bond acceptors (Lipinski definition) is 1. The Labute approximate surface area is 90.5 Å². The molecule has 0 fully saturated rings.